The Labute approximate surface area is 135 Å². The summed E-state index contributed by atoms with van der Waals surface area (Å²) >= 11 is 0. The second-order valence-electron chi connectivity index (χ2n) is 5.14. The highest BCUT2D eigenvalue weighted by atomic mass is 16.5. The second-order valence-corrected chi connectivity index (χ2v) is 5.14. The summed E-state index contributed by atoms with van der Waals surface area (Å²) in [5.74, 6) is -0.192. The first-order chi connectivity index (χ1) is 11.2. The van der Waals surface area contributed by atoms with Crippen molar-refractivity contribution < 1.29 is 19.4 Å². The zero-order valence-electron chi connectivity index (χ0n) is 13.2. The first kappa shape index (κ1) is 17.0. The quantitative estimate of drug-likeness (QED) is 0.770. The average molecular weight is 315 g/mol. The van der Waals surface area contributed by atoms with Crippen LogP contribution in [0.15, 0.2) is 42.6 Å². The van der Waals surface area contributed by atoms with Crippen molar-refractivity contribution in [3.8, 4) is 5.75 Å². The third kappa shape index (κ3) is 6.08. The summed E-state index contributed by atoms with van der Waals surface area (Å²) in [6, 6.07) is 11.6. The summed E-state index contributed by atoms with van der Waals surface area (Å²) < 4.78 is 10.7. The molecule has 0 bridgehead atoms. The Hall–Kier alpha value is -2.40. The van der Waals surface area contributed by atoms with Gasteiger partial charge in [-0.05, 0) is 35.7 Å². The van der Waals surface area contributed by atoms with E-state index in [-0.39, 0.29) is 13.2 Å². The molecule has 0 fully saturated rings. The van der Waals surface area contributed by atoms with Gasteiger partial charge < -0.3 is 14.6 Å². The summed E-state index contributed by atoms with van der Waals surface area (Å²) in [5, 5.41) is 8.51. The molecule has 2 rings (SSSR count). The molecule has 1 aromatic heterocycles. The van der Waals surface area contributed by atoms with Crippen molar-refractivity contribution in [1.29, 1.82) is 0 Å². The molecular formula is C18H21NO4. The molecule has 23 heavy (non-hydrogen) atoms. The molecule has 0 atom stereocenters. The van der Waals surface area contributed by atoms with Crippen molar-refractivity contribution in [1.82, 2.24) is 4.98 Å². The molecule has 0 spiro atoms. The highest BCUT2D eigenvalue weighted by Crippen LogP contribution is 2.13. The van der Waals surface area contributed by atoms with Crippen molar-refractivity contribution in [3.63, 3.8) is 0 Å². The molecule has 0 amide bonds. The van der Waals surface area contributed by atoms with Crippen molar-refractivity contribution in [3.05, 3.63) is 59.4 Å². The summed E-state index contributed by atoms with van der Waals surface area (Å²) in [7, 11) is 0. The lowest BCUT2D eigenvalue weighted by atomic mass is 10.2. The van der Waals surface area contributed by atoms with Crippen LogP contribution in [0.3, 0.4) is 0 Å². The van der Waals surface area contributed by atoms with Gasteiger partial charge in [-0.25, -0.2) is 4.79 Å². The fourth-order valence-corrected chi connectivity index (χ4v) is 2.02. The summed E-state index contributed by atoms with van der Waals surface area (Å²) in [4.78, 5) is 14.8. The van der Waals surface area contributed by atoms with Crippen molar-refractivity contribution >= 4 is 5.97 Å². The first-order valence-corrected chi connectivity index (χ1v) is 7.62. The van der Waals surface area contributed by atoms with Crippen LogP contribution in [0.25, 0.3) is 0 Å². The van der Waals surface area contributed by atoms with Crippen LogP contribution in [-0.2, 0) is 29.0 Å². The number of ether oxygens (including phenoxy) is 2. The molecule has 1 N–H and O–H groups in total. The zero-order chi connectivity index (χ0) is 16.5. The zero-order valence-corrected chi connectivity index (χ0v) is 13.2. The lowest BCUT2D eigenvalue weighted by Gasteiger charge is -2.07. The standard InChI is InChI=1S/C18H21NO4/c1-2-14-3-6-16(19-11-14)9-10-23-17-7-4-15(5-8-17)12-22-13-18(20)21/h3-8,11H,2,9-10,12-13H2,1H3,(H,20,21). The number of carboxylic acids is 1. The van der Waals surface area contributed by atoms with E-state index in [0.29, 0.717) is 6.61 Å². The molecule has 0 aliphatic rings. The number of aryl methyl sites for hydroxylation is 1. The molecule has 2 aromatic rings. The van der Waals surface area contributed by atoms with Gasteiger partial charge in [-0.2, -0.15) is 0 Å². The van der Waals surface area contributed by atoms with Gasteiger partial charge in [0.1, 0.15) is 12.4 Å². The molecule has 0 unspecified atom stereocenters. The average Bonchev–Trinajstić information content (AvgIpc) is 2.57. The maximum atomic E-state index is 10.4. The van der Waals surface area contributed by atoms with Gasteiger partial charge in [0.05, 0.1) is 13.2 Å². The predicted molar refractivity (Wildman–Crippen MR) is 86.5 cm³/mol. The van der Waals surface area contributed by atoms with Crippen LogP contribution in [-0.4, -0.2) is 29.3 Å². The molecule has 0 aliphatic heterocycles. The van der Waals surface area contributed by atoms with Gasteiger partial charge >= 0.3 is 5.97 Å². The topological polar surface area (TPSA) is 68.7 Å². The molecular weight excluding hydrogens is 294 g/mol. The molecule has 0 radical (unpaired) electrons. The van der Waals surface area contributed by atoms with Crippen molar-refractivity contribution in [2.75, 3.05) is 13.2 Å². The van der Waals surface area contributed by atoms with Gasteiger partial charge in [0, 0.05) is 18.3 Å². The number of hydrogen-bond acceptors (Lipinski definition) is 4. The van der Waals surface area contributed by atoms with E-state index >= 15 is 0 Å². The number of aliphatic carboxylic acids is 1. The number of carbonyl (C=O) groups is 1. The molecule has 1 aromatic carbocycles. The van der Waals surface area contributed by atoms with E-state index in [1.165, 1.54) is 5.56 Å². The predicted octanol–water partition coefficient (Wildman–Crippen LogP) is 2.87. The number of nitrogens with zero attached hydrogens (tertiary/aromatic N) is 1. The number of aromatic nitrogens is 1. The van der Waals surface area contributed by atoms with E-state index in [1.807, 2.05) is 36.5 Å². The van der Waals surface area contributed by atoms with Gasteiger partial charge in [0.15, 0.2) is 0 Å². The van der Waals surface area contributed by atoms with E-state index in [1.54, 1.807) is 0 Å². The molecule has 5 nitrogen and oxygen atoms in total. The van der Waals surface area contributed by atoms with Crippen LogP contribution >= 0.6 is 0 Å². The monoisotopic (exact) mass is 315 g/mol. The lowest BCUT2D eigenvalue weighted by Crippen LogP contribution is -2.06. The number of hydrogen-bond donors (Lipinski definition) is 1. The van der Waals surface area contributed by atoms with E-state index in [2.05, 4.69) is 18.0 Å². The van der Waals surface area contributed by atoms with Crippen LogP contribution in [0.1, 0.15) is 23.7 Å². The lowest BCUT2D eigenvalue weighted by molar-refractivity contribution is -0.142. The molecule has 0 saturated carbocycles. The van der Waals surface area contributed by atoms with Crippen molar-refractivity contribution in [2.45, 2.75) is 26.4 Å². The Morgan fingerprint density at radius 1 is 1.13 bits per heavy atom. The largest absolute Gasteiger partial charge is 0.493 e. The normalized spacial score (nSPS) is 10.5. The van der Waals surface area contributed by atoms with Crippen LogP contribution in [0.2, 0.25) is 0 Å². The minimum atomic E-state index is -0.967. The fraction of sp³-hybridized carbons (Fsp3) is 0.333. The highest BCUT2D eigenvalue weighted by molar-refractivity contribution is 5.67. The molecule has 0 saturated heterocycles. The molecule has 0 aliphatic carbocycles. The Bertz CT molecular complexity index is 608. The molecule has 122 valence electrons. The van der Waals surface area contributed by atoms with Crippen LogP contribution in [0, 0.1) is 0 Å². The number of pyridine rings is 1. The van der Waals surface area contributed by atoms with Gasteiger partial charge in [0.2, 0.25) is 0 Å². The Kier molecular flexibility index (Phi) is 6.56. The number of carboxylic acid groups (broad SMARTS) is 1. The second kappa shape index (κ2) is 8.90. The third-order valence-electron chi connectivity index (χ3n) is 3.34. The minimum absolute atomic E-state index is 0.278. The van der Waals surface area contributed by atoms with Crippen molar-refractivity contribution in [2.24, 2.45) is 0 Å². The Morgan fingerprint density at radius 3 is 2.48 bits per heavy atom. The van der Waals surface area contributed by atoms with E-state index in [4.69, 9.17) is 14.6 Å². The van der Waals surface area contributed by atoms with Crippen LogP contribution < -0.4 is 4.74 Å². The van der Waals surface area contributed by atoms with E-state index < -0.39 is 5.97 Å². The first-order valence-electron chi connectivity index (χ1n) is 7.62. The maximum Gasteiger partial charge on any atom is 0.329 e. The van der Waals surface area contributed by atoms with Gasteiger partial charge in [-0.3, -0.25) is 4.98 Å². The summed E-state index contributed by atoms with van der Waals surface area (Å²) in [6.07, 6.45) is 3.65. The van der Waals surface area contributed by atoms with Crippen LogP contribution in [0.5, 0.6) is 5.75 Å². The smallest absolute Gasteiger partial charge is 0.329 e. The fourth-order valence-electron chi connectivity index (χ4n) is 2.02. The van der Waals surface area contributed by atoms with E-state index in [0.717, 1.165) is 29.8 Å². The molecule has 1 heterocycles. The minimum Gasteiger partial charge on any atom is -0.493 e. The number of benzene rings is 1. The van der Waals surface area contributed by atoms with Gasteiger partial charge in [-0.15, -0.1) is 0 Å². The van der Waals surface area contributed by atoms with E-state index in [9.17, 15) is 4.79 Å². The summed E-state index contributed by atoms with van der Waals surface area (Å²) in [6.45, 7) is 2.66. The highest BCUT2D eigenvalue weighted by Gasteiger charge is 2.00. The maximum absolute atomic E-state index is 10.4. The number of rotatable bonds is 9. The van der Waals surface area contributed by atoms with Gasteiger partial charge in [0.25, 0.3) is 0 Å². The molecule has 5 heteroatoms. The summed E-state index contributed by atoms with van der Waals surface area (Å²) in [5.41, 5.74) is 3.16. The SMILES string of the molecule is CCc1ccc(CCOc2ccc(COCC(=O)O)cc2)nc1. The van der Waals surface area contributed by atoms with Gasteiger partial charge in [-0.1, -0.05) is 25.1 Å². The third-order valence-corrected chi connectivity index (χ3v) is 3.34. The Morgan fingerprint density at radius 2 is 1.87 bits per heavy atom. The van der Waals surface area contributed by atoms with Crippen LogP contribution in [0.4, 0.5) is 0 Å². The Balaban J connectivity index is 1.73.